The molecule has 28 heavy (non-hydrogen) atoms. The molecule has 7 unspecified atom stereocenters. The number of amides is 2. The zero-order valence-electron chi connectivity index (χ0n) is 18.7. The van der Waals surface area contributed by atoms with Gasteiger partial charge in [0.25, 0.3) is 0 Å². The Morgan fingerprint density at radius 1 is 1.25 bits per heavy atom. The van der Waals surface area contributed by atoms with Crippen LogP contribution in [-0.2, 0) is 14.3 Å². The van der Waals surface area contributed by atoms with E-state index in [4.69, 9.17) is 4.74 Å². The zero-order chi connectivity index (χ0) is 21.3. The average molecular weight is 397 g/mol. The normalized spacial score (nSPS) is 36.9. The predicted molar refractivity (Wildman–Crippen MR) is 110 cm³/mol. The molecule has 0 aromatic rings. The third kappa shape index (κ3) is 5.07. The monoisotopic (exact) mass is 396 g/mol. The van der Waals surface area contributed by atoms with Crippen molar-refractivity contribution >= 4 is 11.8 Å². The minimum Gasteiger partial charge on any atom is -0.392 e. The Labute approximate surface area is 170 Å². The highest BCUT2D eigenvalue weighted by Gasteiger charge is 2.53. The molecule has 0 aromatic carbocycles. The SMILES string of the molecule is COCC(=O)NC1CCC2(C)CCC(C(C)C(=O)NC(C)(C)C)C(O)C2C1C. The molecule has 0 aromatic heterocycles. The minimum atomic E-state index is -0.545. The lowest BCUT2D eigenvalue weighted by molar-refractivity contribution is -0.145. The highest BCUT2D eigenvalue weighted by molar-refractivity contribution is 5.79. The van der Waals surface area contributed by atoms with E-state index >= 15 is 0 Å². The van der Waals surface area contributed by atoms with E-state index in [0.29, 0.717) is 0 Å². The first-order valence-corrected chi connectivity index (χ1v) is 10.7. The molecule has 0 saturated heterocycles. The second kappa shape index (κ2) is 8.70. The number of aliphatic hydroxyl groups excluding tert-OH is 1. The van der Waals surface area contributed by atoms with Crippen molar-refractivity contribution in [1.82, 2.24) is 10.6 Å². The van der Waals surface area contributed by atoms with Crippen molar-refractivity contribution in [2.45, 2.75) is 84.9 Å². The van der Waals surface area contributed by atoms with E-state index < -0.39 is 6.10 Å². The van der Waals surface area contributed by atoms with Crippen LogP contribution in [0.4, 0.5) is 0 Å². The van der Waals surface area contributed by atoms with Crippen molar-refractivity contribution in [2.75, 3.05) is 13.7 Å². The summed E-state index contributed by atoms with van der Waals surface area (Å²) in [7, 11) is 1.51. The Morgan fingerprint density at radius 2 is 1.86 bits per heavy atom. The number of carbonyl (C=O) groups excluding carboxylic acids is 2. The number of aliphatic hydroxyl groups is 1. The third-order valence-corrected chi connectivity index (χ3v) is 7.06. The van der Waals surface area contributed by atoms with Crippen molar-refractivity contribution in [3.05, 3.63) is 0 Å². The zero-order valence-corrected chi connectivity index (χ0v) is 18.7. The van der Waals surface area contributed by atoms with Crippen LogP contribution in [-0.4, -0.2) is 48.3 Å². The van der Waals surface area contributed by atoms with Crippen molar-refractivity contribution in [3.63, 3.8) is 0 Å². The summed E-state index contributed by atoms with van der Waals surface area (Å²) in [6.07, 6.45) is 3.22. The summed E-state index contributed by atoms with van der Waals surface area (Å²) >= 11 is 0. The number of ether oxygens (including phenoxy) is 1. The molecule has 6 nitrogen and oxygen atoms in total. The standard InChI is InChI=1S/C22H40N2O4/c1-13(20(27)24-21(3,4)5)15-8-10-22(6)11-9-16(23-17(25)12-28-7)14(2)18(22)19(15)26/h13-16,18-19,26H,8-12H2,1-7H3,(H,23,25)(H,24,27). The maximum Gasteiger partial charge on any atom is 0.246 e. The van der Waals surface area contributed by atoms with Crippen LogP contribution >= 0.6 is 0 Å². The fourth-order valence-corrected chi connectivity index (χ4v) is 5.55. The number of rotatable bonds is 5. The highest BCUT2D eigenvalue weighted by Crippen LogP contribution is 2.55. The topological polar surface area (TPSA) is 87.7 Å². The lowest BCUT2D eigenvalue weighted by Crippen LogP contribution is -2.59. The van der Waals surface area contributed by atoms with E-state index in [1.54, 1.807) is 0 Å². The fourth-order valence-electron chi connectivity index (χ4n) is 5.55. The van der Waals surface area contributed by atoms with Gasteiger partial charge in [0.2, 0.25) is 11.8 Å². The number of methoxy groups -OCH3 is 1. The summed E-state index contributed by atoms with van der Waals surface area (Å²) in [5.41, 5.74) is -0.230. The van der Waals surface area contributed by atoms with Crippen molar-refractivity contribution in [3.8, 4) is 0 Å². The van der Waals surface area contributed by atoms with Gasteiger partial charge in [-0.1, -0.05) is 20.8 Å². The summed E-state index contributed by atoms with van der Waals surface area (Å²) in [6, 6.07) is 0.0350. The Morgan fingerprint density at radius 3 is 2.43 bits per heavy atom. The van der Waals surface area contributed by atoms with Crippen molar-refractivity contribution in [2.24, 2.45) is 29.1 Å². The lowest BCUT2D eigenvalue weighted by Gasteiger charge is -2.56. The van der Waals surface area contributed by atoms with Gasteiger partial charge in [-0.15, -0.1) is 0 Å². The van der Waals surface area contributed by atoms with E-state index in [9.17, 15) is 14.7 Å². The predicted octanol–water partition coefficient (Wildman–Crippen LogP) is 2.49. The molecular formula is C22H40N2O4. The molecule has 0 radical (unpaired) electrons. The Kier molecular flexibility index (Phi) is 7.19. The summed E-state index contributed by atoms with van der Waals surface area (Å²) < 4.78 is 4.94. The van der Waals surface area contributed by atoms with Gasteiger partial charge in [0.1, 0.15) is 6.61 Å². The lowest BCUT2D eigenvalue weighted by atomic mass is 9.51. The quantitative estimate of drug-likeness (QED) is 0.666. The Balaban J connectivity index is 2.14. The molecule has 2 amide bonds. The summed E-state index contributed by atoms with van der Waals surface area (Å²) in [5.74, 6) is -0.185. The molecule has 0 heterocycles. The maximum absolute atomic E-state index is 12.7. The van der Waals surface area contributed by atoms with Crippen molar-refractivity contribution < 1.29 is 19.4 Å². The molecule has 0 bridgehead atoms. The first-order chi connectivity index (χ1) is 12.9. The van der Waals surface area contributed by atoms with Gasteiger partial charge in [0, 0.05) is 24.6 Å². The molecule has 2 aliphatic rings. The fraction of sp³-hybridized carbons (Fsp3) is 0.909. The second-order valence-corrected chi connectivity index (χ2v) is 10.4. The number of hydrogen-bond donors (Lipinski definition) is 3. The highest BCUT2D eigenvalue weighted by atomic mass is 16.5. The molecule has 3 N–H and O–H groups in total. The Bertz CT molecular complexity index is 573. The van der Waals surface area contributed by atoms with Crippen LogP contribution < -0.4 is 10.6 Å². The van der Waals surface area contributed by atoms with Gasteiger partial charge in [-0.2, -0.15) is 0 Å². The molecule has 0 spiro atoms. The molecule has 6 heteroatoms. The molecule has 7 atom stereocenters. The smallest absolute Gasteiger partial charge is 0.246 e. The minimum absolute atomic E-state index is 0.00793. The molecular weight excluding hydrogens is 356 g/mol. The Hall–Kier alpha value is -1.14. The number of nitrogens with one attached hydrogen (secondary N) is 2. The molecule has 2 aliphatic carbocycles. The first kappa shape index (κ1) is 23.1. The van der Waals surface area contributed by atoms with Gasteiger partial charge in [0.05, 0.1) is 6.10 Å². The maximum atomic E-state index is 12.7. The van der Waals surface area contributed by atoms with E-state index in [0.717, 1.165) is 25.7 Å². The van der Waals surface area contributed by atoms with Gasteiger partial charge in [0.15, 0.2) is 0 Å². The van der Waals surface area contributed by atoms with Gasteiger partial charge >= 0.3 is 0 Å². The van der Waals surface area contributed by atoms with Crippen LogP contribution in [0.15, 0.2) is 0 Å². The summed E-state index contributed by atoms with van der Waals surface area (Å²) in [5, 5.41) is 17.5. The van der Waals surface area contributed by atoms with Crippen molar-refractivity contribution in [1.29, 1.82) is 0 Å². The average Bonchev–Trinajstić information content (AvgIpc) is 2.56. The van der Waals surface area contributed by atoms with E-state index in [1.807, 2.05) is 27.7 Å². The number of carbonyl (C=O) groups is 2. The van der Waals surface area contributed by atoms with E-state index in [1.165, 1.54) is 7.11 Å². The van der Waals surface area contributed by atoms with Crippen LogP contribution in [0.1, 0.15) is 67.2 Å². The van der Waals surface area contributed by atoms with Crippen LogP contribution in [0.5, 0.6) is 0 Å². The van der Waals surface area contributed by atoms with Gasteiger partial charge < -0.3 is 20.5 Å². The molecule has 2 fully saturated rings. The molecule has 0 aliphatic heterocycles. The summed E-state index contributed by atoms with van der Waals surface area (Å²) in [4.78, 5) is 24.7. The van der Waals surface area contributed by atoms with Crippen LogP contribution in [0.3, 0.4) is 0 Å². The second-order valence-electron chi connectivity index (χ2n) is 10.4. The molecule has 2 rings (SSSR count). The van der Waals surface area contributed by atoms with Crippen LogP contribution in [0, 0.1) is 29.1 Å². The first-order valence-electron chi connectivity index (χ1n) is 10.7. The van der Waals surface area contributed by atoms with E-state index in [2.05, 4.69) is 24.5 Å². The van der Waals surface area contributed by atoms with Gasteiger partial charge in [-0.3, -0.25) is 9.59 Å². The van der Waals surface area contributed by atoms with E-state index in [-0.39, 0.29) is 59.1 Å². The third-order valence-electron chi connectivity index (χ3n) is 7.06. The summed E-state index contributed by atoms with van der Waals surface area (Å²) in [6.45, 7) is 12.3. The van der Waals surface area contributed by atoms with Crippen LogP contribution in [0.25, 0.3) is 0 Å². The molecule has 162 valence electrons. The number of fused-ring (bicyclic) bond motifs is 1. The number of hydrogen-bond acceptors (Lipinski definition) is 4. The largest absolute Gasteiger partial charge is 0.392 e. The van der Waals surface area contributed by atoms with Crippen LogP contribution in [0.2, 0.25) is 0 Å². The molecule has 2 saturated carbocycles. The van der Waals surface area contributed by atoms with Gasteiger partial charge in [-0.25, -0.2) is 0 Å². The van der Waals surface area contributed by atoms with Gasteiger partial charge in [-0.05, 0) is 69.6 Å².